The molecule has 10 heteroatoms. The molecule has 1 aliphatic heterocycles. The average Bonchev–Trinajstić information content (AvgIpc) is 2.97. The number of piperidine rings is 1. The SMILES string of the molecule is NO[C@@H](COc1ccc(C(=O)NC2CCN(C(=O)O)CC2)cc1)C(=O)OC(c1ccccc1)c1ccccc1. The first-order chi connectivity index (χ1) is 18.9. The molecule has 0 radical (unpaired) electrons. The Morgan fingerprint density at radius 3 is 1.97 bits per heavy atom. The molecule has 0 spiro atoms. The van der Waals surface area contributed by atoms with Crippen LogP contribution in [0.25, 0.3) is 0 Å². The van der Waals surface area contributed by atoms with Crippen molar-refractivity contribution in [3.05, 3.63) is 102 Å². The number of carbonyl (C=O) groups excluding carboxylic acids is 2. The molecule has 0 bridgehead atoms. The Morgan fingerprint density at radius 1 is 0.897 bits per heavy atom. The highest BCUT2D eigenvalue weighted by Crippen LogP contribution is 2.26. The van der Waals surface area contributed by atoms with E-state index in [0.29, 0.717) is 37.2 Å². The molecule has 1 atom stereocenters. The van der Waals surface area contributed by atoms with E-state index >= 15 is 0 Å². The third-order valence-electron chi connectivity index (χ3n) is 6.48. The van der Waals surface area contributed by atoms with Gasteiger partial charge in [-0.25, -0.2) is 15.5 Å². The summed E-state index contributed by atoms with van der Waals surface area (Å²) in [6, 6.07) is 25.1. The normalized spacial score (nSPS) is 14.5. The van der Waals surface area contributed by atoms with Crippen molar-refractivity contribution in [3.8, 4) is 5.75 Å². The van der Waals surface area contributed by atoms with Gasteiger partial charge in [-0.05, 0) is 48.2 Å². The van der Waals surface area contributed by atoms with Gasteiger partial charge in [0.2, 0.25) is 6.10 Å². The average molecular weight is 534 g/mol. The minimum absolute atomic E-state index is 0.0897. The van der Waals surface area contributed by atoms with Crippen molar-refractivity contribution in [1.82, 2.24) is 10.2 Å². The molecule has 1 heterocycles. The van der Waals surface area contributed by atoms with Crippen molar-refractivity contribution in [2.75, 3.05) is 19.7 Å². The van der Waals surface area contributed by atoms with E-state index in [2.05, 4.69) is 5.32 Å². The van der Waals surface area contributed by atoms with Gasteiger partial charge in [-0.1, -0.05) is 60.7 Å². The lowest BCUT2D eigenvalue weighted by atomic mass is 10.0. The summed E-state index contributed by atoms with van der Waals surface area (Å²) in [5.74, 6) is 4.88. The molecular formula is C29H31N3O7. The first-order valence-electron chi connectivity index (χ1n) is 12.6. The van der Waals surface area contributed by atoms with Gasteiger partial charge in [0.05, 0.1) is 0 Å². The third-order valence-corrected chi connectivity index (χ3v) is 6.48. The van der Waals surface area contributed by atoms with Gasteiger partial charge in [-0.2, -0.15) is 0 Å². The first-order valence-corrected chi connectivity index (χ1v) is 12.6. The van der Waals surface area contributed by atoms with Crippen molar-refractivity contribution >= 4 is 18.0 Å². The summed E-state index contributed by atoms with van der Waals surface area (Å²) in [4.78, 5) is 42.8. The van der Waals surface area contributed by atoms with Crippen molar-refractivity contribution in [2.45, 2.75) is 31.1 Å². The molecule has 4 N–H and O–H groups in total. The van der Waals surface area contributed by atoms with E-state index in [4.69, 9.17) is 25.3 Å². The van der Waals surface area contributed by atoms with Crippen molar-refractivity contribution in [3.63, 3.8) is 0 Å². The van der Waals surface area contributed by atoms with Crippen LogP contribution in [-0.4, -0.2) is 59.8 Å². The van der Waals surface area contributed by atoms with Gasteiger partial charge in [-0.3, -0.25) is 9.63 Å². The molecule has 3 aromatic rings. The number of likely N-dealkylation sites (tertiary alicyclic amines) is 1. The summed E-state index contributed by atoms with van der Waals surface area (Å²) in [6.45, 7) is 0.577. The Kier molecular flexibility index (Phi) is 9.49. The lowest BCUT2D eigenvalue weighted by molar-refractivity contribution is -0.163. The maximum absolute atomic E-state index is 12.9. The lowest BCUT2D eigenvalue weighted by Gasteiger charge is -2.30. The zero-order valence-corrected chi connectivity index (χ0v) is 21.3. The van der Waals surface area contributed by atoms with Crippen LogP contribution < -0.4 is 16.0 Å². The second-order valence-corrected chi connectivity index (χ2v) is 9.12. The van der Waals surface area contributed by atoms with Gasteiger partial charge in [0.15, 0.2) is 6.10 Å². The van der Waals surface area contributed by atoms with Gasteiger partial charge in [0.25, 0.3) is 5.91 Å². The van der Waals surface area contributed by atoms with Crippen LogP contribution in [0.5, 0.6) is 5.75 Å². The van der Waals surface area contributed by atoms with E-state index < -0.39 is 24.3 Å². The van der Waals surface area contributed by atoms with Gasteiger partial charge in [0.1, 0.15) is 12.4 Å². The number of carboxylic acid groups (broad SMARTS) is 1. The van der Waals surface area contributed by atoms with E-state index in [1.54, 1.807) is 24.3 Å². The molecular weight excluding hydrogens is 502 g/mol. The zero-order valence-electron chi connectivity index (χ0n) is 21.3. The number of benzene rings is 3. The highest BCUT2D eigenvalue weighted by atomic mass is 16.7. The van der Waals surface area contributed by atoms with Crippen molar-refractivity contribution in [1.29, 1.82) is 0 Å². The van der Waals surface area contributed by atoms with Crippen LogP contribution in [0.2, 0.25) is 0 Å². The van der Waals surface area contributed by atoms with Gasteiger partial charge in [0, 0.05) is 24.7 Å². The Balaban J connectivity index is 1.31. The molecule has 39 heavy (non-hydrogen) atoms. The lowest BCUT2D eigenvalue weighted by Crippen LogP contribution is -2.46. The molecule has 0 aromatic heterocycles. The number of ether oxygens (including phenoxy) is 2. The van der Waals surface area contributed by atoms with Crippen LogP contribution in [0.1, 0.15) is 40.4 Å². The molecule has 204 valence electrons. The fourth-order valence-corrected chi connectivity index (χ4v) is 4.30. The molecule has 0 saturated carbocycles. The summed E-state index contributed by atoms with van der Waals surface area (Å²) in [5, 5.41) is 12.0. The Labute approximate surface area is 226 Å². The number of nitrogens with one attached hydrogen (secondary N) is 1. The Hall–Kier alpha value is -4.41. The maximum Gasteiger partial charge on any atom is 0.407 e. The number of rotatable bonds is 10. The van der Waals surface area contributed by atoms with E-state index in [0.717, 1.165) is 11.1 Å². The van der Waals surface area contributed by atoms with Gasteiger partial charge >= 0.3 is 12.1 Å². The van der Waals surface area contributed by atoms with Crippen LogP contribution in [0, 0.1) is 0 Å². The second-order valence-electron chi connectivity index (χ2n) is 9.12. The molecule has 2 amide bonds. The van der Waals surface area contributed by atoms with E-state index in [-0.39, 0.29) is 18.6 Å². The summed E-state index contributed by atoms with van der Waals surface area (Å²) >= 11 is 0. The molecule has 1 aliphatic rings. The smallest absolute Gasteiger partial charge is 0.407 e. The summed E-state index contributed by atoms with van der Waals surface area (Å²) in [6.07, 6.45) is -1.65. The quantitative estimate of drug-likeness (QED) is 0.266. The second kappa shape index (κ2) is 13.4. The van der Waals surface area contributed by atoms with Gasteiger partial charge in [-0.15, -0.1) is 0 Å². The van der Waals surface area contributed by atoms with Crippen LogP contribution in [0.15, 0.2) is 84.9 Å². The first kappa shape index (κ1) is 27.6. The highest BCUT2D eigenvalue weighted by Gasteiger charge is 2.27. The molecule has 1 fully saturated rings. The van der Waals surface area contributed by atoms with Gasteiger partial charge < -0.3 is 24.8 Å². The topological polar surface area (TPSA) is 140 Å². The van der Waals surface area contributed by atoms with E-state index in [1.165, 1.54) is 4.90 Å². The van der Waals surface area contributed by atoms with Crippen LogP contribution in [-0.2, 0) is 14.4 Å². The van der Waals surface area contributed by atoms with Crippen LogP contribution >= 0.6 is 0 Å². The Bertz CT molecular complexity index is 1190. The minimum Gasteiger partial charge on any atom is -0.490 e. The summed E-state index contributed by atoms with van der Waals surface area (Å²) in [7, 11) is 0. The summed E-state index contributed by atoms with van der Waals surface area (Å²) in [5.41, 5.74) is 2.03. The fourth-order valence-electron chi connectivity index (χ4n) is 4.30. The molecule has 3 aromatic carbocycles. The van der Waals surface area contributed by atoms with E-state index in [9.17, 15) is 14.4 Å². The third kappa shape index (κ3) is 7.56. The van der Waals surface area contributed by atoms with Crippen LogP contribution in [0.3, 0.4) is 0 Å². The predicted octanol–water partition coefficient (Wildman–Crippen LogP) is 3.53. The largest absolute Gasteiger partial charge is 0.490 e. The Morgan fingerprint density at radius 2 is 1.46 bits per heavy atom. The number of nitrogens with zero attached hydrogens (tertiary/aromatic N) is 1. The highest BCUT2D eigenvalue weighted by molar-refractivity contribution is 5.94. The number of nitrogens with two attached hydrogens (primary N) is 1. The van der Waals surface area contributed by atoms with Crippen molar-refractivity contribution < 1.29 is 33.8 Å². The molecule has 10 nitrogen and oxygen atoms in total. The standard InChI is InChI=1S/C29H31N3O7/c30-39-25(28(34)38-26(20-7-3-1-4-8-20)21-9-5-2-6-10-21)19-37-24-13-11-22(12-14-24)27(33)31-23-15-17-32(18-16-23)29(35)36/h1-14,23,25-26H,15-19,30H2,(H,31,33)(H,35,36)/t25-/m0/s1. The van der Waals surface area contributed by atoms with Crippen LogP contribution in [0.4, 0.5) is 4.79 Å². The predicted molar refractivity (Wildman–Crippen MR) is 142 cm³/mol. The number of hydrogen-bond acceptors (Lipinski definition) is 7. The molecule has 0 unspecified atom stereocenters. The fraction of sp³-hybridized carbons (Fsp3) is 0.276. The number of esters is 1. The number of hydrogen-bond donors (Lipinski definition) is 3. The van der Waals surface area contributed by atoms with E-state index in [1.807, 2.05) is 60.7 Å². The number of amides is 2. The molecule has 1 saturated heterocycles. The maximum atomic E-state index is 12.9. The monoisotopic (exact) mass is 533 g/mol. The number of carbonyl (C=O) groups is 3. The minimum atomic E-state index is -1.18. The molecule has 0 aliphatic carbocycles. The summed E-state index contributed by atoms with van der Waals surface area (Å²) < 4.78 is 11.5. The zero-order chi connectivity index (χ0) is 27.6. The molecule has 4 rings (SSSR count). The van der Waals surface area contributed by atoms with Crippen molar-refractivity contribution in [2.24, 2.45) is 5.90 Å².